The number of ether oxygens (including phenoxy) is 1. The fourth-order valence-corrected chi connectivity index (χ4v) is 2.53. The molecule has 3 heteroatoms. The summed E-state index contributed by atoms with van der Waals surface area (Å²) in [4.78, 5) is 10.9. The highest BCUT2D eigenvalue weighted by atomic mass is 16.5. The Bertz CT molecular complexity index is 425. The fraction of sp³-hybridized carbons (Fsp3) is 0.462. The van der Waals surface area contributed by atoms with Gasteiger partial charge in [0.2, 0.25) is 0 Å². The Labute approximate surface area is 95.0 Å². The minimum atomic E-state index is -0.738. The van der Waals surface area contributed by atoms with E-state index in [-0.39, 0.29) is 11.8 Å². The van der Waals surface area contributed by atoms with Crippen molar-refractivity contribution in [2.24, 2.45) is 0 Å². The zero-order chi connectivity index (χ0) is 11.8. The lowest BCUT2D eigenvalue weighted by Crippen LogP contribution is -2.22. The molecule has 0 fully saturated rings. The van der Waals surface area contributed by atoms with Gasteiger partial charge in [-0.1, -0.05) is 13.0 Å². The third-order valence-corrected chi connectivity index (χ3v) is 3.45. The van der Waals surface area contributed by atoms with Gasteiger partial charge in [-0.25, -0.2) is 0 Å². The van der Waals surface area contributed by atoms with Crippen LogP contribution in [0.2, 0.25) is 0 Å². The molecular weight excluding hydrogens is 204 g/mol. The lowest BCUT2D eigenvalue weighted by molar-refractivity contribution is -0.138. The van der Waals surface area contributed by atoms with Crippen LogP contribution in [0.15, 0.2) is 18.2 Å². The zero-order valence-corrected chi connectivity index (χ0v) is 9.62. The first-order valence-electron chi connectivity index (χ1n) is 5.44. The molecule has 3 nitrogen and oxygen atoms in total. The third kappa shape index (κ3) is 1.77. The van der Waals surface area contributed by atoms with E-state index in [9.17, 15) is 4.79 Å². The van der Waals surface area contributed by atoms with Crippen LogP contribution in [0.4, 0.5) is 0 Å². The molecule has 86 valence electrons. The number of hydrogen-bond acceptors (Lipinski definition) is 2. The van der Waals surface area contributed by atoms with Gasteiger partial charge in [-0.05, 0) is 36.1 Å². The number of hydrogen-bond donors (Lipinski definition) is 1. The third-order valence-electron chi connectivity index (χ3n) is 3.45. The molecule has 0 saturated heterocycles. The highest BCUT2D eigenvalue weighted by Gasteiger charge is 2.36. The van der Waals surface area contributed by atoms with Gasteiger partial charge in [0.1, 0.15) is 5.75 Å². The highest BCUT2D eigenvalue weighted by Crippen LogP contribution is 2.42. The summed E-state index contributed by atoms with van der Waals surface area (Å²) in [5, 5.41) is 8.96. The van der Waals surface area contributed by atoms with Gasteiger partial charge >= 0.3 is 5.97 Å². The summed E-state index contributed by atoms with van der Waals surface area (Å²) in [6.07, 6.45) is 2.05. The summed E-state index contributed by atoms with van der Waals surface area (Å²) in [6, 6.07) is 5.96. The molecule has 1 N–H and O–H groups in total. The van der Waals surface area contributed by atoms with Crippen molar-refractivity contribution in [2.75, 3.05) is 7.11 Å². The van der Waals surface area contributed by atoms with Crippen molar-refractivity contribution in [3.63, 3.8) is 0 Å². The van der Waals surface area contributed by atoms with Crippen LogP contribution < -0.4 is 4.74 Å². The number of methoxy groups -OCH3 is 1. The summed E-state index contributed by atoms with van der Waals surface area (Å²) in [5.41, 5.74) is 2.15. The molecule has 2 rings (SSSR count). The van der Waals surface area contributed by atoms with Crippen LogP contribution in [-0.4, -0.2) is 18.2 Å². The lowest BCUT2D eigenvalue weighted by Gasteiger charge is -2.23. The van der Waals surface area contributed by atoms with E-state index in [1.54, 1.807) is 7.11 Å². The number of aliphatic carboxylic acids is 1. The van der Waals surface area contributed by atoms with Crippen LogP contribution in [0, 0.1) is 0 Å². The summed E-state index contributed by atoms with van der Waals surface area (Å²) >= 11 is 0. The molecule has 0 spiro atoms. The maximum absolute atomic E-state index is 10.9. The monoisotopic (exact) mass is 220 g/mol. The number of aryl methyl sites for hydroxylation is 1. The van der Waals surface area contributed by atoms with Gasteiger partial charge in [0.25, 0.3) is 0 Å². The van der Waals surface area contributed by atoms with Crippen LogP contribution in [0.25, 0.3) is 0 Å². The topological polar surface area (TPSA) is 46.5 Å². The van der Waals surface area contributed by atoms with Crippen molar-refractivity contribution >= 4 is 5.97 Å². The van der Waals surface area contributed by atoms with E-state index in [0.29, 0.717) is 0 Å². The van der Waals surface area contributed by atoms with Crippen molar-refractivity contribution in [3.8, 4) is 5.75 Å². The zero-order valence-electron chi connectivity index (χ0n) is 9.62. The van der Waals surface area contributed by atoms with E-state index < -0.39 is 5.97 Å². The van der Waals surface area contributed by atoms with Crippen LogP contribution in [0.5, 0.6) is 5.75 Å². The van der Waals surface area contributed by atoms with Gasteiger partial charge in [0, 0.05) is 5.41 Å². The van der Waals surface area contributed by atoms with Crippen molar-refractivity contribution in [2.45, 2.75) is 31.6 Å². The van der Waals surface area contributed by atoms with Crippen LogP contribution in [0.1, 0.15) is 30.9 Å². The average molecular weight is 220 g/mol. The quantitative estimate of drug-likeness (QED) is 0.850. The van der Waals surface area contributed by atoms with Crippen molar-refractivity contribution in [1.29, 1.82) is 0 Å². The van der Waals surface area contributed by atoms with Crippen LogP contribution in [-0.2, 0) is 16.6 Å². The first-order valence-corrected chi connectivity index (χ1v) is 5.44. The molecule has 0 radical (unpaired) electrons. The second kappa shape index (κ2) is 3.81. The molecule has 1 unspecified atom stereocenters. The second-order valence-corrected chi connectivity index (χ2v) is 4.65. The fourth-order valence-electron chi connectivity index (χ4n) is 2.53. The van der Waals surface area contributed by atoms with Gasteiger partial charge in [0.15, 0.2) is 0 Å². The molecule has 0 aromatic heterocycles. The Morgan fingerprint density at radius 2 is 2.31 bits per heavy atom. The molecule has 16 heavy (non-hydrogen) atoms. The lowest BCUT2D eigenvalue weighted by atomic mass is 9.81. The largest absolute Gasteiger partial charge is 0.497 e. The standard InChI is InChI=1S/C13H16O3/c1-13(8-12(14)15)6-5-9-3-4-10(16-2)7-11(9)13/h3-4,7H,5-6,8H2,1-2H3,(H,14,15). The van der Waals surface area contributed by atoms with E-state index in [1.807, 2.05) is 25.1 Å². The van der Waals surface area contributed by atoms with Crippen molar-refractivity contribution < 1.29 is 14.6 Å². The normalized spacial score (nSPS) is 22.9. The highest BCUT2D eigenvalue weighted by molar-refractivity contribution is 5.69. The summed E-state index contributed by atoms with van der Waals surface area (Å²) in [7, 11) is 1.63. The van der Waals surface area contributed by atoms with Crippen LogP contribution in [0.3, 0.4) is 0 Å². The number of benzene rings is 1. The maximum Gasteiger partial charge on any atom is 0.304 e. The van der Waals surface area contributed by atoms with E-state index in [0.717, 1.165) is 24.2 Å². The van der Waals surface area contributed by atoms with Gasteiger partial charge in [-0.2, -0.15) is 0 Å². The minimum Gasteiger partial charge on any atom is -0.497 e. The smallest absolute Gasteiger partial charge is 0.304 e. The molecule has 1 aliphatic rings. The van der Waals surface area contributed by atoms with Gasteiger partial charge < -0.3 is 9.84 Å². The maximum atomic E-state index is 10.9. The summed E-state index contributed by atoms with van der Waals surface area (Å²) in [6.45, 7) is 2.02. The number of carboxylic acid groups (broad SMARTS) is 1. The number of rotatable bonds is 3. The Hall–Kier alpha value is -1.51. The number of fused-ring (bicyclic) bond motifs is 1. The number of carbonyl (C=O) groups is 1. The Morgan fingerprint density at radius 1 is 1.56 bits per heavy atom. The first kappa shape index (κ1) is 11.0. The molecular formula is C13H16O3. The summed E-state index contributed by atoms with van der Waals surface area (Å²) in [5.74, 6) is 0.0652. The molecule has 1 atom stereocenters. The molecule has 0 amide bonds. The van der Waals surface area contributed by atoms with E-state index >= 15 is 0 Å². The van der Waals surface area contributed by atoms with Crippen molar-refractivity contribution in [3.05, 3.63) is 29.3 Å². The van der Waals surface area contributed by atoms with Gasteiger partial charge in [0.05, 0.1) is 13.5 Å². The average Bonchev–Trinajstić information content (AvgIpc) is 2.55. The van der Waals surface area contributed by atoms with Crippen molar-refractivity contribution in [1.82, 2.24) is 0 Å². The van der Waals surface area contributed by atoms with E-state index in [4.69, 9.17) is 9.84 Å². The predicted molar refractivity (Wildman–Crippen MR) is 60.9 cm³/mol. The molecule has 1 aliphatic carbocycles. The number of carboxylic acids is 1. The molecule has 1 aromatic rings. The molecule has 0 bridgehead atoms. The van der Waals surface area contributed by atoms with E-state index in [1.165, 1.54) is 5.56 Å². The van der Waals surface area contributed by atoms with E-state index in [2.05, 4.69) is 0 Å². The Balaban J connectivity index is 2.40. The van der Waals surface area contributed by atoms with Gasteiger partial charge in [-0.3, -0.25) is 4.79 Å². The Morgan fingerprint density at radius 3 is 2.94 bits per heavy atom. The van der Waals surface area contributed by atoms with Crippen LogP contribution >= 0.6 is 0 Å². The summed E-state index contributed by atoms with van der Waals surface area (Å²) < 4.78 is 5.19. The first-order chi connectivity index (χ1) is 7.55. The minimum absolute atomic E-state index is 0.188. The Kier molecular flexibility index (Phi) is 2.62. The molecule has 0 saturated carbocycles. The molecule has 1 aromatic carbocycles. The SMILES string of the molecule is COc1ccc2c(c1)C(C)(CC(=O)O)CC2. The predicted octanol–water partition coefficient (Wildman–Crippen LogP) is 2.37. The second-order valence-electron chi connectivity index (χ2n) is 4.65. The molecule has 0 aliphatic heterocycles. The van der Waals surface area contributed by atoms with Gasteiger partial charge in [-0.15, -0.1) is 0 Å². The molecule has 0 heterocycles.